The Balaban J connectivity index is 1.74. The summed E-state index contributed by atoms with van der Waals surface area (Å²) in [7, 11) is 0. The molecule has 0 radical (unpaired) electrons. The number of phenols is 1. The van der Waals surface area contributed by atoms with E-state index in [9.17, 15) is 15.2 Å². The molecule has 1 aliphatic rings. The lowest BCUT2D eigenvalue weighted by molar-refractivity contribution is -0.384. The summed E-state index contributed by atoms with van der Waals surface area (Å²) in [6.07, 6.45) is 7.09. The van der Waals surface area contributed by atoms with Crippen LogP contribution in [0.25, 0.3) is 0 Å². The predicted octanol–water partition coefficient (Wildman–Crippen LogP) is 4.89. The maximum absolute atomic E-state index is 10.8. The molecule has 24 heavy (non-hydrogen) atoms. The summed E-state index contributed by atoms with van der Waals surface area (Å²) in [4.78, 5) is 10.4. The smallest absolute Gasteiger partial charge is 0.269 e. The van der Waals surface area contributed by atoms with Crippen molar-refractivity contribution >= 4 is 5.69 Å². The first-order chi connectivity index (χ1) is 11.6. The fraction of sp³-hybridized carbons (Fsp3) is 0.400. The highest BCUT2D eigenvalue weighted by Crippen LogP contribution is 2.35. The van der Waals surface area contributed by atoms with Crippen molar-refractivity contribution in [3.05, 3.63) is 69.8 Å². The molecule has 0 bridgehead atoms. The van der Waals surface area contributed by atoms with Crippen molar-refractivity contribution in [2.45, 2.75) is 38.5 Å². The molecule has 0 heterocycles. The molecule has 4 nitrogen and oxygen atoms in total. The molecule has 1 unspecified atom stereocenters. The van der Waals surface area contributed by atoms with Gasteiger partial charge in [-0.05, 0) is 47.9 Å². The fourth-order valence-corrected chi connectivity index (χ4v) is 3.83. The van der Waals surface area contributed by atoms with Crippen molar-refractivity contribution in [1.82, 2.24) is 0 Å². The van der Waals surface area contributed by atoms with Gasteiger partial charge in [-0.3, -0.25) is 10.1 Å². The van der Waals surface area contributed by atoms with Crippen LogP contribution in [0.5, 0.6) is 5.75 Å². The van der Waals surface area contributed by atoms with Gasteiger partial charge in [0.25, 0.3) is 5.69 Å². The highest BCUT2D eigenvalue weighted by Gasteiger charge is 2.25. The van der Waals surface area contributed by atoms with Crippen molar-refractivity contribution < 1.29 is 10.0 Å². The molecule has 1 aliphatic carbocycles. The van der Waals surface area contributed by atoms with Crippen molar-refractivity contribution in [3.8, 4) is 5.75 Å². The lowest BCUT2D eigenvalue weighted by Gasteiger charge is -2.24. The van der Waals surface area contributed by atoms with Crippen molar-refractivity contribution in [3.63, 3.8) is 0 Å². The number of nitro groups is 1. The molecule has 2 aromatic rings. The number of non-ortho nitro benzene ring substituents is 1. The number of benzene rings is 2. The fourth-order valence-electron chi connectivity index (χ4n) is 3.83. The van der Waals surface area contributed by atoms with E-state index in [1.807, 2.05) is 24.3 Å². The molecule has 2 aromatic carbocycles. The molecule has 0 spiro atoms. The Morgan fingerprint density at radius 3 is 1.96 bits per heavy atom. The number of aromatic hydroxyl groups is 1. The zero-order valence-electron chi connectivity index (χ0n) is 13.7. The monoisotopic (exact) mass is 325 g/mol. The van der Waals surface area contributed by atoms with Gasteiger partial charge >= 0.3 is 0 Å². The summed E-state index contributed by atoms with van der Waals surface area (Å²) in [5.74, 6) is 1.55. The minimum absolute atomic E-state index is 0.148. The van der Waals surface area contributed by atoms with Crippen LogP contribution in [0.1, 0.15) is 36.8 Å². The summed E-state index contributed by atoms with van der Waals surface area (Å²) in [6, 6.07) is 14.4. The molecular weight excluding hydrogens is 302 g/mol. The highest BCUT2D eigenvalue weighted by atomic mass is 16.6. The van der Waals surface area contributed by atoms with Gasteiger partial charge in [0, 0.05) is 12.1 Å². The summed E-state index contributed by atoms with van der Waals surface area (Å²) in [6.45, 7) is 0. The Hall–Kier alpha value is -2.36. The molecule has 4 heteroatoms. The Bertz CT molecular complexity index is 673. The van der Waals surface area contributed by atoms with E-state index in [1.54, 1.807) is 24.3 Å². The highest BCUT2D eigenvalue weighted by molar-refractivity contribution is 5.33. The van der Waals surface area contributed by atoms with Gasteiger partial charge < -0.3 is 5.11 Å². The van der Waals surface area contributed by atoms with Gasteiger partial charge in [0.05, 0.1) is 4.92 Å². The Labute approximate surface area is 142 Å². The number of phenolic OH excluding ortho intramolecular Hbond substituents is 1. The van der Waals surface area contributed by atoms with Crippen LogP contribution in [0.3, 0.4) is 0 Å². The summed E-state index contributed by atoms with van der Waals surface area (Å²) in [5.41, 5.74) is 2.55. The maximum atomic E-state index is 10.8. The molecule has 126 valence electrons. The average Bonchev–Trinajstić information content (AvgIpc) is 3.11. The predicted molar refractivity (Wildman–Crippen MR) is 94.1 cm³/mol. The third-order valence-corrected chi connectivity index (χ3v) is 5.15. The quantitative estimate of drug-likeness (QED) is 0.607. The normalized spacial score (nSPS) is 16.2. The van der Waals surface area contributed by atoms with E-state index in [4.69, 9.17) is 0 Å². The van der Waals surface area contributed by atoms with E-state index in [0.717, 1.165) is 18.4 Å². The van der Waals surface area contributed by atoms with E-state index in [0.29, 0.717) is 17.6 Å². The Morgan fingerprint density at radius 2 is 1.46 bits per heavy atom. The number of nitro benzene ring substituents is 1. The molecule has 3 rings (SSSR count). The zero-order chi connectivity index (χ0) is 16.9. The first-order valence-electron chi connectivity index (χ1n) is 8.63. The second-order valence-corrected chi connectivity index (χ2v) is 6.80. The molecule has 1 N–H and O–H groups in total. The van der Waals surface area contributed by atoms with E-state index in [-0.39, 0.29) is 10.6 Å². The molecule has 1 atom stereocenters. The lowest BCUT2D eigenvalue weighted by Crippen LogP contribution is -2.17. The van der Waals surface area contributed by atoms with E-state index in [2.05, 4.69) is 0 Å². The van der Waals surface area contributed by atoms with Crippen LogP contribution in [0, 0.1) is 22.0 Å². The van der Waals surface area contributed by atoms with Crippen molar-refractivity contribution in [2.24, 2.45) is 11.8 Å². The summed E-state index contributed by atoms with van der Waals surface area (Å²) < 4.78 is 0. The SMILES string of the molecule is O=[N+]([O-])c1ccc(CC(Cc2ccc(O)cc2)C2CCCC2)cc1. The van der Waals surface area contributed by atoms with Crippen molar-refractivity contribution in [1.29, 1.82) is 0 Å². The standard InChI is InChI=1S/C20H23NO3/c22-20-11-7-16(8-12-20)14-18(17-3-1-2-4-17)13-15-5-9-19(10-6-15)21(23)24/h5-12,17-18,22H,1-4,13-14H2. The van der Waals surface area contributed by atoms with Gasteiger partial charge in [0.1, 0.15) is 5.75 Å². The third kappa shape index (κ3) is 4.13. The third-order valence-electron chi connectivity index (χ3n) is 5.15. The van der Waals surface area contributed by atoms with Gasteiger partial charge in [-0.1, -0.05) is 49.9 Å². The van der Waals surface area contributed by atoms with E-state index in [1.165, 1.54) is 31.2 Å². The second kappa shape index (κ2) is 7.47. The largest absolute Gasteiger partial charge is 0.508 e. The van der Waals surface area contributed by atoms with E-state index < -0.39 is 0 Å². The molecule has 1 fully saturated rings. The average molecular weight is 325 g/mol. The number of nitrogens with zero attached hydrogens (tertiary/aromatic N) is 1. The van der Waals surface area contributed by atoms with Crippen LogP contribution < -0.4 is 0 Å². The zero-order valence-corrected chi connectivity index (χ0v) is 13.7. The molecule has 1 saturated carbocycles. The van der Waals surface area contributed by atoms with Gasteiger partial charge in [0.2, 0.25) is 0 Å². The van der Waals surface area contributed by atoms with Crippen LogP contribution in [-0.2, 0) is 12.8 Å². The topological polar surface area (TPSA) is 63.4 Å². The first kappa shape index (κ1) is 16.5. The molecule has 0 amide bonds. The van der Waals surface area contributed by atoms with Gasteiger partial charge in [-0.2, -0.15) is 0 Å². The molecule has 0 aromatic heterocycles. The molecule has 0 saturated heterocycles. The van der Waals surface area contributed by atoms with Crippen LogP contribution in [0.2, 0.25) is 0 Å². The Kier molecular flexibility index (Phi) is 5.14. The number of rotatable bonds is 6. The van der Waals surface area contributed by atoms with Gasteiger partial charge in [0.15, 0.2) is 0 Å². The van der Waals surface area contributed by atoms with Gasteiger partial charge in [-0.15, -0.1) is 0 Å². The second-order valence-electron chi connectivity index (χ2n) is 6.80. The minimum atomic E-state index is -0.353. The minimum Gasteiger partial charge on any atom is -0.508 e. The Morgan fingerprint density at radius 1 is 0.958 bits per heavy atom. The lowest BCUT2D eigenvalue weighted by atomic mass is 9.81. The first-order valence-corrected chi connectivity index (χ1v) is 8.63. The summed E-state index contributed by atoms with van der Waals surface area (Å²) >= 11 is 0. The maximum Gasteiger partial charge on any atom is 0.269 e. The number of hydrogen-bond acceptors (Lipinski definition) is 3. The van der Waals surface area contributed by atoms with Crippen LogP contribution in [0.15, 0.2) is 48.5 Å². The van der Waals surface area contributed by atoms with Crippen molar-refractivity contribution in [2.75, 3.05) is 0 Å². The molecule has 0 aliphatic heterocycles. The summed E-state index contributed by atoms with van der Waals surface area (Å²) in [5, 5.41) is 20.3. The van der Waals surface area contributed by atoms with E-state index >= 15 is 0 Å². The van der Waals surface area contributed by atoms with Crippen LogP contribution in [0.4, 0.5) is 5.69 Å². The molecular formula is C20H23NO3. The van der Waals surface area contributed by atoms with Gasteiger partial charge in [-0.25, -0.2) is 0 Å². The number of hydrogen-bond donors (Lipinski definition) is 1. The van der Waals surface area contributed by atoms with Crippen LogP contribution in [-0.4, -0.2) is 10.0 Å². The van der Waals surface area contributed by atoms with Crippen LogP contribution >= 0.6 is 0 Å².